The van der Waals surface area contributed by atoms with E-state index in [2.05, 4.69) is 10.6 Å². The van der Waals surface area contributed by atoms with Crippen LogP contribution in [0.3, 0.4) is 0 Å². The molecule has 3 rings (SSSR count). The van der Waals surface area contributed by atoms with Crippen molar-refractivity contribution >= 4 is 40.7 Å². The van der Waals surface area contributed by atoms with E-state index < -0.39 is 12.1 Å². The molecule has 6 nitrogen and oxygen atoms in total. The standard InChI is InChI=1S/C16H20ClN3O3S/c1-8(2)5-11-16(23)20-7-9(6-12(20)14(21)19-11)18-15(22)13-10(17)3-4-24-13/h3-4,8-9,11-12H,5-7H2,1-2H3,(H,18,22)(H,19,21)/t9-,11+,12-/m0/s1. The Balaban J connectivity index is 1.67. The predicted molar refractivity (Wildman–Crippen MR) is 92.1 cm³/mol. The molecule has 0 aliphatic carbocycles. The number of nitrogens with zero attached hydrogens (tertiary/aromatic N) is 1. The molecule has 0 saturated carbocycles. The maximum Gasteiger partial charge on any atom is 0.263 e. The molecule has 1 aromatic heterocycles. The zero-order valence-electron chi connectivity index (χ0n) is 13.5. The van der Waals surface area contributed by atoms with Gasteiger partial charge in [-0.3, -0.25) is 14.4 Å². The second kappa shape index (κ2) is 6.72. The largest absolute Gasteiger partial charge is 0.347 e. The van der Waals surface area contributed by atoms with Crippen LogP contribution < -0.4 is 10.6 Å². The van der Waals surface area contributed by atoms with Crippen molar-refractivity contribution in [3.63, 3.8) is 0 Å². The molecule has 130 valence electrons. The molecule has 3 heterocycles. The third-order valence-corrected chi connectivity index (χ3v) is 5.71. The van der Waals surface area contributed by atoms with Gasteiger partial charge in [0, 0.05) is 12.6 Å². The number of halogens is 1. The monoisotopic (exact) mass is 369 g/mol. The average molecular weight is 370 g/mol. The highest BCUT2D eigenvalue weighted by Gasteiger charge is 2.46. The minimum Gasteiger partial charge on any atom is -0.347 e. The van der Waals surface area contributed by atoms with Gasteiger partial charge in [0.15, 0.2) is 0 Å². The number of thiophene rings is 1. The van der Waals surface area contributed by atoms with Crippen molar-refractivity contribution in [3.05, 3.63) is 21.3 Å². The highest BCUT2D eigenvalue weighted by atomic mass is 35.5. The first-order valence-electron chi connectivity index (χ1n) is 8.01. The molecule has 1 aromatic rings. The molecule has 0 radical (unpaired) electrons. The van der Waals surface area contributed by atoms with Gasteiger partial charge in [-0.05, 0) is 30.2 Å². The summed E-state index contributed by atoms with van der Waals surface area (Å²) in [6.07, 6.45) is 1.05. The first kappa shape index (κ1) is 17.2. The van der Waals surface area contributed by atoms with Crippen molar-refractivity contribution in [1.82, 2.24) is 15.5 Å². The van der Waals surface area contributed by atoms with Crippen molar-refractivity contribution in [1.29, 1.82) is 0 Å². The van der Waals surface area contributed by atoms with Crippen LogP contribution in [0.4, 0.5) is 0 Å². The molecule has 2 N–H and O–H groups in total. The van der Waals surface area contributed by atoms with Crippen LogP contribution >= 0.6 is 22.9 Å². The third-order valence-electron chi connectivity index (χ3n) is 4.37. The van der Waals surface area contributed by atoms with Crippen molar-refractivity contribution < 1.29 is 14.4 Å². The maximum absolute atomic E-state index is 12.6. The molecular formula is C16H20ClN3O3S. The quantitative estimate of drug-likeness (QED) is 0.847. The topological polar surface area (TPSA) is 78.5 Å². The summed E-state index contributed by atoms with van der Waals surface area (Å²) < 4.78 is 0. The van der Waals surface area contributed by atoms with Gasteiger partial charge in [-0.1, -0.05) is 25.4 Å². The van der Waals surface area contributed by atoms with E-state index in [4.69, 9.17) is 11.6 Å². The Morgan fingerprint density at radius 1 is 1.50 bits per heavy atom. The molecule has 3 atom stereocenters. The van der Waals surface area contributed by atoms with Crippen LogP contribution in [0.15, 0.2) is 11.4 Å². The average Bonchev–Trinajstić information content (AvgIpc) is 3.10. The lowest BCUT2D eigenvalue weighted by atomic mass is 9.99. The Bertz CT molecular complexity index is 675. The van der Waals surface area contributed by atoms with Crippen LogP contribution in [0.5, 0.6) is 0 Å². The minimum atomic E-state index is -0.495. The zero-order valence-corrected chi connectivity index (χ0v) is 15.1. The van der Waals surface area contributed by atoms with E-state index >= 15 is 0 Å². The van der Waals surface area contributed by atoms with Gasteiger partial charge in [-0.15, -0.1) is 11.3 Å². The summed E-state index contributed by atoms with van der Waals surface area (Å²) in [5.74, 6) is -0.133. The number of carbonyl (C=O) groups is 3. The van der Waals surface area contributed by atoms with Gasteiger partial charge < -0.3 is 15.5 Å². The SMILES string of the molecule is CC(C)C[C@H]1NC(=O)[C@@H]2C[C@H](NC(=O)c3sccc3Cl)CN2C1=O. The number of piperazine rings is 1. The number of hydrogen-bond donors (Lipinski definition) is 2. The fourth-order valence-corrected chi connectivity index (χ4v) is 4.34. The minimum absolute atomic E-state index is 0.0563. The van der Waals surface area contributed by atoms with E-state index in [0.717, 1.165) is 0 Å². The Morgan fingerprint density at radius 2 is 2.25 bits per heavy atom. The van der Waals surface area contributed by atoms with E-state index in [0.29, 0.717) is 35.2 Å². The van der Waals surface area contributed by atoms with Gasteiger partial charge in [0.1, 0.15) is 17.0 Å². The molecule has 2 fully saturated rings. The van der Waals surface area contributed by atoms with Crippen molar-refractivity contribution in [2.24, 2.45) is 5.92 Å². The van der Waals surface area contributed by atoms with Gasteiger partial charge in [0.05, 0.1) is 5.02 Å². The van der Waals surface area contributed by atoms with E-state index in [1.807, 2.05) is 13.8 Å². The van der Waals surface area contributed by atoms with Crippen molar-refractivity contribution in [2.75, 3.05) is 6.54 Å². The van der Waals surface area contributed by atoms with Crippen LogP contribution in [0.2, 0.25) is 5.02 Å². The summed E-state index contributed by atoms with van der Waals surface area (Å²) in [6, 6.07) is 0.472. The van der Waals surface area contributed by atoms with Gasteiger partial charge in [-0.25, -0.2) is 0 Å². The molecule has 0 bridgehead atoms. The maximum atomic E-state index is 12.6. The highest BCUT2D eigenvalue weighted by molar-refractivity contribution is 7.12. The van der Waals surface area contributed by atoms with Crippen LogP contribution in [-0.2, 0) is 9.59 Å². The van der Waals surface area contributed by atoms with Gasteiger partial charge in [0.2, 0.25) is 11.8 Å². The van der Waals surface area contributed by atoms with E-state index in [-0.39, 0.29) is 23.8 Å². The molecule has 2 saturated heterocycles. The lowest BCUT2D eigenvalue weighted by Gasteiger charge is -2.35. The first-order valence-corrected chi connectivity index (χ1v) is 9.27. The summed E-state index contributed by atoms with van der Waals surface area (Å²) in [5.41, 5.74) is 0. The third kappa shape index (κ3) is 3.28. The van der Waals surface area contributed by atoms with Gasteiger partial charge in [-0.2, -0.15) is 0 Å². The van der Waals surface area contributed by atoms with Crippen LogP contribution in [0, 0.1) is 5.92 Å². The highest BCUT2D eigenvalue weighted by Crippen LogP contribution is 2.26. The summed E-state index contributed by atoms with van der Waals surface area (Å²) in [6.45, 7) is 4.40. The molecule has 2 aliphatic heterocycles. The summed E-state index contributed by atoms with van der Waals surface area (Å²) in [4.78, 5) is 39.2. The predicted octanol–water partition coefficient (Wildman–Crippen LogP) is 1.65. The lowest BCUT2D eigenvalue weighted by molar-refractivity contribution is -0.147. The fourth-order valence-electron chi connectivity index (χ4n) is 3.30. The molecule has 24 heavy (non-hydrogen) atoms. The smallest absolute Gasteiger partial charge is 0.263 e. The fraction of sp³-hybridized carbons (Fsp3) is 0.562. The number of rotatable bonds is 4. The zero-order chi connectivity index (χ0) is 17.4. The van der Waals surface area contributed by atoms with E-state index in [9.17, 15) is 14.4 Å². The van der Waals surface area contributed by atoms with Gasteiger partial charge >= 0.3 is 0 Å². The Morgan fingerprint density at radius 3 is 2.88 bits per heavy atom. The second-order valence-electron chi connectivity index (χ2n) is 6.70. The number of carbonyl (C=O) groups excluding carboxylic acids is 3. The summed E-state index contributed by atoms with van der Waals surface area (Å²) >= 11 is 7.25. The normalized spacial score (nSPS) is 26.5. The van der Waals surface area contributed by atoms with Crippen molar-refractivity contribution in [2.45, 2.75) is 44.8 Å². The molecule has 0 spiro atoms. The first-order chi connectivity index (χ1) is 11.4. The molecule has 0 unspecified atom stereocenters. The Labute approximate surface area is 149 Å². The van der Waals surface area contributed by atoms with E-state index in [1.54, 1.807) is 16.3 Å². The number of amides is 3. The lowest BCUT2D eigenvalue weighted by Crippen LogP contribution is -2.61. The summed E-state index contributed by atoms with van der Waals surface area (Å²) in [7, 11) is 0. The summed E-state index contributed by atoms with van der Waals surface area (Å²) in [5, 5.41) is 7.87. The molecule has 0 aromatic carbocycles. The van der Waals surface area contributed by atoms with Crippen molar-refractivity contribution in [3.8, 4) is 0 Å². The van der Waals surface area contributed by atoms with Crippen LogP contribution in [0.1, 0.15) is 36.4 Å². The van der Waals surface area contributed by atoms with Crippen LogP contribution in [-0.4, -0.2) is 47.3 Å². The Hall–Kier alpha value is -1.60. The second-order valence-corrected chi connectivity index (χ2v) is 8.02. The molecule has 2 aliphatic rings. The number of hydrogen-bond acceptors (Lipinski definition) is 4. The number of nitrogens with one attached hydrogen (secondary N) is 2. The Kier molecular flexibility index (Phi) is 4.83. The number of fused-ring (bicyclic) bond motifs is 1. The van der Waals surface area contributed by atoms with E-state index in [1.165, 1.54) is 11.3 Å². The molecule has 8 heteroatoms. The van der Waals surface area contributed by atoms with Gasteiger partial charge in [0.25, 0.3) is 5.91 Å². The van der Waals surface area contributed by atoms with Crippen LogP contribution in [0.25, 0.3) is 0 Å². The molecular weight excluding hydrogens is 350 g/mol. The molecule has 3 amide bonds.